The fraction of sp³-hybridized carbons (Fsp3) is 0.294. The molecule has 106 valence electrons. The minimum absolute atomic E-state index is 0.0372. The average molecular weight is 380 g/mol. The van der Waals surface area contributed by atoms with Gasteiger partial charge in [0, 0.05) is 3.57 Å². The molecule has 0 saturated carbocycles. The highest BCUT2D eigenvalue weighted by Gasteiger charge is 2.15. The van der Waals surface area contributed by atoms with Crippen LogP contribution in [0.2, 0.25) is 0 Å². The standard InChI is InChI=1S/C17H21IN2/c1-12(2)10-13-6-5-7-14(11-13)17(20-19)15-8-3-4-9-16(15)18/h3-9,11-12,17,20H,10,19H2,1-2H3. The second kappa shape index (κ2) is 7.20. The summed E-state index contributed by atoms with van der Waals surface area (Å²) in [4.78, 5) is 0. The number of rotatable bonds is 5. The topological polar surface area (TPSA) is 38.0 Å². The van der Waals surface area contributed by atoms with E-state index >= 15 is 0 Å². The molecule has 1 atom stereocenters. The maximum atomic E-state index is 5.80. The minimum Gasteiger partial charge on any atom is -0.271 e. The number of hydrogen-bond acceptors (Lipinski definition) is 2. The quantitative estimate of drug-likeness (QED) is 0.467. The Morgan fingerprint density at radius 1 is 1.10 bits per heavy atom. The van der Waals surface area contributed by atoms with Crippen LogP contribution in [0.15, 0.2) is 48.5 Å². The molecule has 1 unspecified atom stereocenters. The van der Waals surface area contributed by atoms with Crippen molar-refractivity contribution in [2.45, 2.75) is 26.3 Å². The molecule has 0 fully saturated rings. The molecule has 0 spiro atoms. The molecule has 0 heterocycles. The molecular formula is C17H21IN2. The molecule has 0 amide bonds. The lowest BCUT2D eigenvalue weighted by molar-refractivity contribution is 0.626. The van der Waals surface area contributed by atoms with E-state index in [1.54, 1.807) is 0 Å². The second-order valence-electron chi connectivity index (χ2n) is 5.46. The van der Waals surface area contributed by atoms with E-state index in [-0.39, 0.29) is 6.04 Å². The zero-order valence-corrected chi connectivity index (χ0v) is 14.1. The molecule has 0 aliphatic rings. The maximum absolute atomic E-state index is 5.80. The van der Waals surface area contributed by atoms with Crippen molar-refractivity contribution in [2.24, 2.45) is 11.8 Å². The van der Waals surface area contributed by atoms with Crippen LogP contribution >= 0.6 is 22.6 Å². The third kappa shape index (κ3) is 3.81. The monoisotopic (exact) mass is 380 g/mol. The predicted octanol–water partition coefficient (Wildman–Crippen LogP) is 4.04. The molecule has 2 rings (SSSR count). The lowest BCUT2D eigenvalue weighted by Gasteiger charge is -2.19. The Balaban J connectivity index is 2.35. The van der Waals surface area contributed by atoms with Crippen LogP contribution in [0.1, 0.15) is 36.6 Å². The molecule has 3 heteroatoms. The first-order chi connectivity index (χ1) is 9.61. The highest BCUT2D eigenvalue weighted by molar-refractivity contribution is 14.1. The van der Waals surface area contributed by atoms with E-state index in [2.05, 4.69) is 84.3 Å². The number of nitrogens with one attached hydrogen (secondary N) is 1. The van der Waals surface area contributed by atoms with Gasteiger partial charge < -0.3 is 0 Å². The van der Waals surface area contributed by atoms with E-state index in [1.807, 2.05) is 6.07 Å². The Kier molecular flexibility index (Phi) is 5.57. The van der Waals surface area contributed by atoms with Gasteiger partial charge in [0.05, 0.1) is 6.04 Å². The van der Waals surface area contributed by atoms with E-state index in [4.69, 9.17) is 5.84 Å². The molecule has 0 aliphatic heterocycles. The first-order valence-electron chi connectivity index (χ1n) is 6.91. The minimum atomic E-state index is 0.0372. The normalized spacial score (nSPS) is 12.7. The van der Waals surface area contributed by atoms with E-state index < -0.39 is 0 Å². The summed E-state index contributed by atoms with van der Waals surface area (Å²) in [7, 11) is 0. The van der Waals surface area contributed by atoms with E-state index in [1.165, 1.54) is 20.3 Å². The number of hydrazine groups is 1. The van der Waals surface area contributed by atoms with Crippen molar-refractivity contribution < 1.29 is 0 Å². The van der Waals surface area contributed by atoms with Crippen LogP contribution in [-0.4, -0.2) is 0 Å². The van der Waals surface area contributed by atoms with Crippen LogP contribution in [0.4, 0.5) is 0 Å². The van der Waals surface area contributed by atoms with Gasteiger partial charge in [-0.05, 0) is 57.7 Å². The Morgan fingerprint density at radius 2 is 1.85 bits per heavy atom. The SMILES string of the molecule is CC(C)Cc1cccc(C(NN)c2ccccc2I)c1. The molecule has 2 aromatic rings. The average Bonchev–Trinajstić information content (AvgIpc) is 2.41. The largest absolute Gasteiger partial charge is 0.271 e. The summed E-state index contributed by atoms with van der Waals surface area (Å²) >= 11 is 2.36. The molecular weight excluding hydrogens is 359 g/mol. The second-order valence-corrected chi connectivity index (χ2v) is 6.63. The third-order valence-corrected chi connectivity index (χ3v) is 4.29. The summed E-state index contributed by atoms with van der Waals surface area (Å²) in [6.45, 7) is 4.48. The predicted molar refractivity (Wildman–Crippen MR) is 93.3 cm³/mol. The number of halogens is 1. The van der Waals surface area contributed by atoms with Crippen LogP contribution in [0.25, 0.3) is 0 Å². The van der Waals surface area contributed by atoms with Gasteiger partial charge in [-0.3, -0.25) is 5.84 Å². The summed E-state index contributed by atoms with van der Waals surface area (Å²) in [5, 5.41) is 0. The lowest BCUT2D eigenvalue weighted by atomic mass is 9.95. The highest BCUT2D eigenvalue weighted by atomic mass is 127. The van der Waals surface area contributed by atoms with Gasteiger partial charge in [-0.1, -0.05) is 56.3 Å². The van der Waals surface area contributed by atoms with Crippen molar-refractivity contribution in [1.82, 2.24) is 5.43 Å². The third-order valence-electron chi connectivity index (χ3n) is 3.31. The molecule has 3 N–H and O–H groups in total. The van der Waals surface area contributed by atoms with Gasteiger partial charge in [-0.2, -0.15) is 0 Å². The van der Waals surface area contributed by atoms with Crippen LogP contribution in [0.5, 0.6) is 0 Å². The molecule has 0 bridgehead atoms. The summed E-state index contributed by atoms with van der Waals surface area (Å²) in [5.41, 5.74) is 6.75. The van der Waals surface area contributed by atoms with Crippen molar-refractivity contribution in [3.8, 4) is 0 Å². The lowest BCUT2D eigenvalue weighted by Crippen LogP contribution is -2.29. The fourth-order valence-electron chi connectivity index (χ4n) is 2.45. The van der Waals surface area contributed by atoms with Crippen LogP contribution in [-0.2, 0) is 6.42 Å². The molecule has 0 radical (unpaired) electrons. The van der Waals surface area contributed by atoms with Crippen LogP contribution in [0.3, 0.4) is 0 Å². The van der Waals surface area contributed by atoms with Crippen LogP contribution in [0, 0.1) is 9.49 Å². The first-order valence-corrected chi connectivity index (χ1v) is 7.99. The Hall–Kier alpha value is -0.910. The molecule has 20 heavy (non-hydrogen) atoms. The molecule has 2 aromatic carbocycles. The van der Waals surface area contributed by atoms with Crippen molar-refractivity contribution in [2.75, 3.05) is 0 Å². The van der Waals surface area contributed by atoms with Gasteiger partial charge >= 0.3 is 0 Å². The summed E-state index contributed by atoms with van der Waals surface area (Å²) < 4.78 is 1.22. The Labute approximate surface area is 134 Å². The van der Waals surface area contributed by atoms with E-state index in [0.29, 0.717) is 5.92 Å². The summed E-state index contributed by atoms with van der Waals surface area (Å²) in [6, 6.07) is 17.1. The molecule has 2 nitrogen and oxygen atoms in total. The smallest absolute Gasteiger partial charge is 0.0720 e. The highest BCUT2D eigenvalue weighted by Crippen LogP contribution is 2.26. The Morgan fingerprint density at radius 3 is 2.50 bits per heavy atom. The number of benzene rings is 2. The Bertz CT molecular complexity index is 566. The first kappa shape index (κ1) is 15.5. The molecule has 0 aromatic heterocycles. The zero-order chi connectivity index (χ0) is 14.5. The summed E-state index contributed by atoms with van der Waals surface area (Å²) in [6.07, 6.45) is 1.09. The van der Waals surface area contributed by atoms with Gasteiger partial charge in [0.2, 0.25) is 0 Å². The van der Waals surface area contributed by atoms with Gasteiger partial charge in [0.1, 0.15) is 0 Å². The molecule has 0 aliphatic carbocycles. The van der Waals surface area contributed by atoms with Crippen molar-refractivity contribution in [1.29, 1.82) is 0 Å². The van der Waals surface area contributed by atoms with Crippen LogP contribution < -0.4 is 11.3 Å². The van der Waals surface area contributed by atoms with Gasteiger partial charge in [-0.25, -0.2) is 5.43 Å². The van der Waals surface area contributed by atoms with Gasteiger partial charge in [-0.15, -0.1) is 0 Å². The molecule has 0 saturated heterocycles. The van der Waals surface area contributed by atoms with Crippen molar-refractivity contribution in [3.63, 3.8) is 0 Å². The van der Waals surface area contributed by atoms with E-state index in [9.17, 15) is 0 Å². The fourth-order valence-corrected chi connectivity index (χ4v) is 3.14. The van der Waals surface area contributed by atoms with Crippen molar-refractivity contribution >= 4 is 22.6 Å². The van der Waals surface area contributed by atoms with E-state index in [0.717, 1.165) is 6.42 Å². The number of hydrogen-bond donors (Lipinski definition) is 2. The zero-order valence-electron chi connectivity index (χ0n) is 11.9. The number of nitrogens with two attached hydrogens (primary N) is 1. The van der Waals surface area contributed by atoms with Gasteiger partial charge in [0.15, 0.2) is 0 Å². The summed E-state index contributed by atoms with van der Waals surface area (Å²) in [5.74, 6) is 6.46. The van der Waals surface area contributed by atoms with Gasteiger partial charge in [0.25, 0.3) is 0 Å². The van der Waals surface area contributed by atoms with Crippen molar-refractivity contribution in [3.05, 3.63) is 68.8 Å². The maximum Gasteiger partial charge on any atom is 0.0720 e.